The molecule has 1 fully saturated rings. The summed E-state index contributed by atoms with van der Waals surface area (Å²) in [6.45, 7) is 1.13. The summed E-state index contributed by atoms with van der Waals surface area (Å²) in [6, 6.07) is 10.7. The monoisotopic (exact) mass is 427 g/mol. The molecule has 1 atom stereocenters. The number of para-hydroxylation sites is 1. The van der Waals surface area contributed by atoms with Crippen LogP contribution in [0.5, 0.6) is 5.75 Å². The van der Waals surface area contributed by atoms with Crippen molar-refractivity contribution in [2.24, 2.45) is 7.05 Å². The molecule has 4 rings (SSSR count). The minimum Gasteiger partial charge on any atom is -0.496 e. The van der Waals surface area contributed by atoms with E-state index < -0.39 is 10.0 Å². The lowest BCUT2D eigenvalue weighted by atomic mass is 10.0. The van der Waals surface area contributed by atoms with Gasteiger partial charge in [-0.2, -0.15) is 4.31 Å². The average Bonchev–Trinajstić information content (AvgIpc) is 3.45. The first-order chi connectivity index (χ1) is 14.5. The second-order valence-corrected chi connectivity index (χ2v) is 9.14. The second kappa shape index (κ2) is 8.45. The fraction of sp³-hybridized carbons (Fsp3) is 0.333. The molecule has 1 saturated heterocycles. The van der Waals surface area contributed by atoms with Crippen molar-refractivity contribution in [1.82, 2.24) is 18.8 Å². The summed E-state index contributed by atoms with van der Waals surface area (Å²) in [5, 5.41) is 3.38. The Hall–Kier alpha value is -2.91. The van der Waals surface area contributed by atoms with Crippen molar-refractivity contribution in [1.29, 1.82) is 0 Å². The van der Waals surface area contributed by atoms with E-state index in [-0.39, 0.29) is 10.9 Å². The number of anilines is 1. The lowest BCUT2D eigenvalue weighted by molar-refractivity contribution is 0.408. The highest BCUT2D eigenvalue weighted by Crippen LogP contribution is 2.32. The summed E-state index contributed by atoms with van der Waals surface area (Å²) in [4.78, 5) is 9.08. The molecule has 2 aromatic heterocycles. The van der Waals surface area contributed by atoms with E-state index in [9.17, 15) is 8.42 Å². The highest BCUT2D eigenvalue weighted by atomic mass is 32.2. The molecule has 1 aliphatic rings. The van der Waals surface area contributed by atoms with E-state index in [2.05, 4.69) is 15.3 Å². The summed E-state index contributed by atoms with van der Waals surface area (Å²) in [5.74, 6) is 2.07. The van der Waals surface area contributed by atoms with E-state index in [1.165, 1.54) is 10.5 Å². The molecule has 0 saturated carbocycles. The molecular weight excluding hydrogens is 402 g/mol. The van der Waals surface area contributed by atoms with Crippen LogP contribution in [0.4, 0.5) is 5.82 Å². The van der Waals surface area contributed by atoms with Gasteiger partial charge in [0.25, 0.3) is 0 Å². The number of benzene rings is 1. The third-order valence-corrected chi connectivity index (χ3v) is 7.18. The van der Waals surface area contributed by atoms with Crippen LogP contribution in [0.1, 0.15) is 30.3 Å². The van der Waals surface area contributed by atoms with Gasteiger partial charge in [-0.05, 0) is 31.0 Å². The Balaban J connectivity index is 1.65. The zero-order valence-corrected chi connectivity index (χ0v) is 17.8. The van der Waals surface area contributed by atoms with Gasteiger partial charge >= 0.3 is 0 Å². The summed E-state index contributed by atoms with van der Waals surface area (Å²) < 4.78 is 34.5. The van der Waals surface area contributed by atoms with Gasteiger partial charge in [0.2, 0.25) is 10.0 Å². The van der Waals surface area contributed by atoms with Crippen LogP contribution in [-0.4, -0.2) is 47.5 Å². The molecule has 0 radical (unpaired) electrons. The quantitative estimate of drug-likeness (QED) is 0.624. The minimum absolute atomic E-state index is 0.209. The van der Waals surface area contributed by atoms with Crippen LogP contribution in [0.2, 0.25) is 0 Å². The van der Waals surface area contributed by atoms with Gasteiger partial charge in [0.05, 0.1) is 7.11 Å². The number of methoxy groups -OCH3 is 1. The van der Waals surface area contributed by atoms with Crippen molar-refractivity contribution in [3.8, 4) is 5.75 Å². The van der Waals surface area contributed by atoms with Crippen molar-refractivity contribution in [3.63, 3.8) is 0 Å². The van der Waals surface area contributed by atoms with Crippen molar-refractivity contribution >= 4 is 15.8 Å². The highest BCUT2D eigenvalue weighted by molar-refractivity contribution is 7.89. The van der Waals surface area contributed by atoms with Gasteiger partial charge in [-0.15, -0.1) is 0 Å². The number of pyridine rings is 1. The van der Waals surface area contributed by atoms with Gasteiger partial charge in [-0.1, -0.05) is 18.2 Å². The highest BCUT2D eigenvalue weighted by Gasteiger charge is 2.28. The number of nitrogens with zero attached hydrogens (tertiary/aromatic N) is 4. The molecule has 1 N–H and O–H groups in total. The zero-order chi connectivity index (χ0) is 21.1. The van der Waals surface area contributed by atoms with E-state index in [0.717, 1.165) is 30.0 Å². The molecule has 3 aromatic rings. The van der Waals surface area contributed by atoms with Crippen molar-refractivity contribution < 1.29 is 13.2 Å². The van der Waals surface area contributed by atoms with E-state index in [1.54, 1.807) is 25.4 Å². The van der Waals surface area contributed by atoms with E-state index in [1.807, 2.05) is 42.1 Å². The minimum atomic E-state index is -3.49. The van der Waals surface area contributed by atoms with Crippen molar-refractivity contribution in [3.05, 3.63) is 66.4 Å². The molecule has 0 unspecified atom stereocenters. The van der Waals surface area contributed by atoms with Gasteiger partial charge in [-0.3, -0.25) is 0 Å². The number of ether oxygens (including phenoxy) is 1. The standard InChI is InChI=1S/C21H25N5O3S/c1-25-14-11-22-21(25)20(17-7-3-4-8-18(17)29-2)24-19-10-9-16(15-23-19)30(27,28)26-12-5-6-13-26/h3-4,7-11,14-15,20H,5-6,12-13H2,1-2H3,(H,23,24)/t20-/m1/s1. The Bertz CT molecular complexity index is 1110. The number of nitrogens with one attached hydrogen (secondary N) is 1. The third-order valence-electron chi connectivity index (χ3n) is 5.30. The predicted molar refractivity (Wildman–Crippen MR) is 114 cm³/mol. The molecule has 30 heavy (non-hydrogen) atoms. The third kappa shape index (κ3) is 3.90. The topological polar surface area (TPSA) is 89.3 Å². The molecule has 0 bridgehead atoms. The van der Waals surface area contributed by atoms with Gasteiger partial charge in [0.1, 0.15) is 28.3 Å². The maximum atomic E-state index is 12.7. The van der Waals surface area contributed by atoms with E-state index in [4.69, 9.17) is 4.74 Å². The molecule has 1 aliphatic heterocycles. The van der Waals surface area contributed by atoms with Gasteiger partial charge in [0.15, 0.2) is 0 Å². The number of hydrogen-bond acceptors (Lipinski definition) is 6. The number of rotatable bonds is 7. The van der Waals surface area contributed by atoms with Crippen LogP contribution in [0.25, 0.3) is 0 Å². The summed E-state index contributed by atoms with van der Waals surface area (Å²) in [6.07, 6.45) is 6.82. The largest absolute Gasteiger partial charge is 0.496 e. The first kappa shape index (κ1) is 20.4. The normalized spacial score (nSPS) is 15.8. The Morgan fingerprint density at radius 1 is 1.10 bits per heavy atom. The lowest BCUT2D eigenvalue weighted by Gasteiger charge is -2.22. The van der Waals surface area contributed by atoms with Crippen LogP contribution in [0, 0.1) is 0 Å². The molecule has 1 aromatic carbocycles. The van der Waals surface area contributed by atoms with Crippen LogP contribution >= 0.6 is 0 Å². The second-order valence-electron chi connectivity index (χ2n) is 7.21. The number of sulfonamides is 1. The average molecular weight is 428 g/mol. The van der Waals surface area contributed by atoms with Crippen LogP contribution in [-0.2, 0) is 17.1 Å². The summed E-state index contributed by atoms with van der Waals surface area (Å²) >= 11 is 0. The van der Waals surface area contributed by atoms with E-state index >= 15 is 0 Å². The fourth-order valence-electron chi connectivity index (χ4n) is 3.69. The first-order valence-corrected chi connectivity index (χ1v) is 11.3. The Morgan fingerprint density at radius 3 is 2.50 bits per heavy atom. The van der Waals surface area contributed by atoms with Crippen LogP contribution < -0.4 is 10.1 Å². The zero-order valence-electron chi connectivity index (χ0n) is 17.0. The summed E-state index contributed by atoms with van der Waals surface area (Å²) in [5.41, 5.74) is 0.907. The van der Waals surface area contributed by atoms with Gasteiger partial charge in [0, 0.05) is 44.3 Å². The lowest BCUT2D eigenvalue weighted by Crippen LogP contribution is -2.28. The van der Waals surface area contributed by atoms with E-state index in [0.29, 0.717) is 18.9 Å². The number of imidazole rings is 1. The first-order valence-electron chi connectivity index (χ1n) is 9.83. The Labute approximate surface area is 176 Å². The molecule has 9 heteroatoms. The van der Waals surface area contributed by atoms with Gasteiger partial charge < -0.3 is 14.6 Å². The fourth-order valence-corrected chi connectivity index (χ4v) is 5.15. The molecule has 8 nitrogen and oxygen atoms in total. The molecule has 0 spiro atoms. The SMILES string of the molecule is COc1ccccc1[C@@H](Nc1ccc(S(=O)(=O)N2CCCC2)cn1)c1nccn1C. The number of aryl methyl sites for hydroxylation is 1. The smallest absolute Gasteiger partial charge is 0.244 e. The molecule has 0 amide bonds. The van der Waals surface area contributed by atoms with Crippen molar-refractivity contribution in [2.45, 2.75) is 23.8 Å². The molecule has 0 aliphatic carbocycles. The summed E-state index contributed by atoms with van der Waals surface area (Å²) in [7, 11) is 0.0616. The number of hydrogen-bond donors (Lipinski definition) is 1. The molecule has 3 heterocycles. The predicted octanol–water partition coefficient (Wildman–Crippen LogP) is 2.81. The number of aromatic nitrogens is 3. The van der Waals surface area contributed by atoms with Gasteiger partial charge in [-0.25, -0.2) is 18.4 Å². The van der Waals surface area contributed by atoms with Crippen LogP contribution in [0.3, 0.4) is 0 Å². The Morgan fingerprint density at radius 2 is 1.87 bits per heavy atom. The van der Waals surface area contributed by atoms with Crippen LogP contribution in [0.15, 0.2) is 59.9 Å². The van der Waals surface area contributed by atoms with Crippen molar-refractivity contribution in [2.75, 3.05) is 25.5 Å². The molecule has 158 valence electrons. The molecular formula is C21H25N5O3S. The maximum Gasteiger partial charge on any atom is 0.244 e. The maximum absolute atomic E-state index is 12.7. The Kier molecular flexibility index (Phi) is 5.74.